The zero-order valence-electron chi connectivity index (χ0n) is 16.4. The quantitative estimate of drug-likeness (QED) is 0.285. The Balaban J connectivity index is 0.00000225. The number of likely N-dealkylation sites (N-methyl/N-ethyl adjacent to an activating group) is 1. The van der Waals surface area contributed by atoms with E-state index in [0.29, 0.717) is 6.04 Å². The molecule has 0 radical (unpaired) electrons. The summed E-state index contributed by atoms with van der Waals surface area (Å²) in [5, 5.41) is 7.32. The molecule has 0 spiro atoms. The molecule has 5 nitrogen and oxygen atoms in total. The first-order chi connectivity index (χ1) is 11.6. The number of hydrogen-bond acceptors (Lipinski definition) is 3. The Hall–Kier alpha value is -0.0800. The summed E-state index contributed by atoms with van der Waals surface area (Å²) in [5.74, 6) is 0.989. The number of aliphatic imine (C=N–C) groups is 1. The number of hydrogen-bond donors (Lipinski definition) is 2. The fraction of sp³-hybridized carbons (Fsp3) is 0.947. The Kier molecular flexibility index (Phi) is 8.27. The predicted molar refractivity (Wildman–Crippen MR) is 117 cm³/mol. The van der Waals surface area contributed by atoms with Crippen LogP contribution in [0.25, 0.3) is 0 Å². The molecule has 0 aromatic heterocycles. The van der Waals surface area contributed by atoms with Gasteiger partial charge in [0.25, 0.3) is 0 Å². The van der Waals surface area contributed by atoms with Crippen molar-refractivity contribution in [2.24, 2.45) is 4.99 Å². The van der Waals surface area contributed by atoms with Crippen LogP contribution in [-0.4, -0.2) is 74.2 Å². The summed E-state index contributed by atoms with van der Waals surface area (Å²) in [6, 6.07) is 1.44. The third kappa shape index (κ3) is 5.70. The molecule has 0 aromatic carbocycles. The van der Waals surface area contributed by atoms with Gasteiger partial charge in [-0.25, -0.2) is 0 Å². The number of nitrogens with zero attached hydrogens (tertiary/aromatic N) is 3. The molecule has 1 atom stereocenters. The average Bonchev–Trinajstić information content (AvgIpc) is 3.36. The zero-order chi connectivity index (χ0) is 17.0. The van der Waals surface area contributed by atoms with Crippen molar-refractivity contribution in [1.82, 2.24) is 20.4 Å². The van der Waals surface area contributed by atoms with Crippen molar-refractivity contribution >= 4 is 29.9 Å². The lowest BCUT2D eigenvalue weighted by molar-refractivity contribution is 0.132. The fourth-order valence-corrected chi connectivity index (χ4v) is 4.48. The number of rotatable bonds is 5. The monoisotopic (exact) mass is 463 g/mol. The molecule has 0 aromatic rings. The number of nitrogens with one attached hydrogen (secondary N) is 2. The zero-order valence-corrected chi connectivity index (χ0v) is 18.7. The molecule has 1 heterocycles. The predicted octanol–water partition coefficient (Wildman–Crippen LogP) is 2.66. The van der Waals surface area contributed by atoms with Crippen LogP contribution in [0.3, 0.4) is 0 Å². The topological polar surface area (TPSA) is 42.9 Å². The largest absolute Gasteiger partial charge is 0.355 e. The third-order valence-corrected chi connectivity index (χ3v) is 6.42. The van der Waals surface area contributed by atoms with E-state index in [4.69, 9.17) is 0 Å². The van der Waals surface area contributed by atoms with Gasteiger partial charge in [0, 0.05) is 44.3 Å². The molecule has 1 saturated heterocycles. The highest BCUT2D eigenvalue weighted by Crippen LogP contribution is 2.31. The Morgan fingerprint density at radius 3 is 2.36 bits per heavy atom. The molecule has 1 unspecified atom stereocenters. The maximum absolute atomic E-state index is 4.49. The summed E-state index contributed by atoms with van der Waals surface area (Å²) in [6.45, 7) is 3.43. The normalized spacial score (nSPS) is 27.7. The van der Waals surface area contributed by atoms with Gasteiger partial charge in [0.1, 0.15) is 0 Å². The average molecular weight is 463 g/mol. The van der Waals surface area contributed by atoms with E-state index in [1.807, 2.05) is 7.05 Å². The third-order valence-electron chi connectivity index (χ3n) is 6.42. The van der Waals surface area contributed by atoms with Crippen molar-refractivity contribution in [2.75, 3.05) is 40.8 Å². The number of halogens is 1. The van der Waals surface area contributed by atoms with E-state index in [9.17, 15) is 0 Å². The molecular formula is C19H38IN5. The van der Waals surface area contributed by atoms with Gasteiger partial charge < -0.3 is 15.5 Å². The van der Waals surface area contributed by atoms with Crippen LogP contribution < -0.4 is 10.6 Å². The molecule has 2 N–H and O–H groups in total. The lowest BCUT2D eigenvalue weighted by atomic mass is 9.89. The molecular weight excluding hydrogens is 425 g/mol. The van der Waals surface area contributed by atoms with Crippen LogP contribution in [0.2, 0.25) is 0 Å². The van der Waals surface area contributed by atoms with Crippen LogP contribution in [0, 0.1) is 0 Å². The summed E-state index contributed by atoms with van der Waals surface area (Å²) < 4.78 is 0. The van der Waals surface area contributed by atoms with E-state index < -0.39 is 0 Å². The molecule has 3 rings (SSSR count). The first kappa shape index (κ1) is 21.2. The van der Waals surface area contributed by atoms with E-state index in [0.717, 1.165) is 18.5 Å². The van der Waals surface area contributed by atoms with Gasteiger partial charge in [-0.1, -0.05) is 25.7 Å². The molecule has 25 heavy (non-hydrogen) atoms. The Bertz CT molecular complexity index is 428. The highest BCUT2D eigenvalue weighted by Gasteiger charge is 2.35. The van der Waals surface area contributed by atoms with Crippen molar-refractivity contribution in [3.63, 3.8) is 0 Å². The van der Waals surface area contributed by atoms with E-state index in [1.165, 1.54) is 70.9 Å². The molecule has 3 fully saturated rings. The molecule has 146 valence electrons. The van der Waals surface area contributed by atoms with E-state index in [1.54, 1.807) is 0 Å². The maximum atomic E-state index is 4.49. The van der Waals surface area contributed by atoms with Crippen molar-refractivity contribution < 1.29 is 0 Å². The Labute approximate surface area is 171 Å². The van der Waals surface area contributed by atoms with Gasteiger partial charge in [0.2, 0.25) is 0 Å². The SMILES string of the molecule is CN=C(NCC1(N(C)C)CCCCCC1)NC1CCN(C2CC2)C1.I. The minimum atomic E-state index is 0. The van der Waals surface area contributed by atoms with Gasteiger partial charge in [-0.15, -0.1) is 24.0 Å². The number of guanidine groups is 1. The van der Waals surface area contributed by atoms with Gasteiger partial charge in [0.15, 0.2) is 5.96 Å². The van der Waals surface area contributed by atoms with Gasteiger partial charge in [-0.3, -0.25) is 9.89 Å². The van der Waals surface area contributed by atoms with E-state index >= 15 is 0 Å². The van der Waals surface area contributed by atoms with Gasteiger partial charge in [-0.2, -0.15) is 0 Å². The molecule has 1 aliphatic heterocycles. The second-order valence-electron chi connectivity index (χ2n) is 8.31. The number of likely N-dealkylation sites (tertiary alicyclic amines) is 1. The highest BCUT2D eigenvalue weighted by molar-refractivity contribution is 14.0. The molecule has 3 aliphatic rings. The standard InChI is InChI=1S/C19H37N5.HI/c1-20-18(22-16-10-13-24(14-16)17-8-9-17)21-15-19(23(2)3)11-6-4-5-7-12-19;/h16-17H,4-15H2,1-3H3,(H2,20,21,22);1H. The summed E-state index contributed by atoms with van der Waals surface area (Å²) in [4.78, 5) is 9.59. The van der Waals surface area contributed by atoms with Crippen LogP contribution in [-0.2, 0) is 0 Å². The minimum absolute atomic E-state index is 0. The maximum Gasteiger partial charge on any atom is 0.191 e. The van der Waals surface area contributed by atoms with Crippen molar-refractivity contribution in [3.8, 4) is 0 Å². The van der Waals surface area contributed by atoms with E-state index in [-0.39, 0.29) is 29.5 Å². The lowest BCUT2D eigenvalue weighted by Gasteiger charge is -2.40. The highest BCUT2D eigenvalue weighted by atomic mass is 127. The van der Waals surface area contributed by atoms with Gasteiger partial charge >= 0.3 is 0 Å². The first-order valence-corrected chi connectivity index (χ1v) is 10.0. The Morgan fingerprint density at radius 1 is 1.12 bits per heavy atom. The molecule has 2 saturated carbocycles. The van der Waals surface area contributed by atoms with Crippen LogP contribution >= 0.6 is 24.0 Å². The molecule has 0 amide bonds. The minimum Gasteiger partial charge on any atom is -0.355 e. The fourth-order valence-electron chi connectivity index (χ4n) is 4.48. The molecule has 0 bridgehead atoms. The Morgan fingerprint density at radius 2 is 1.80 bits per heavy atom. The first-order valence-electron chi connectivity index (χ1n) is 10.0. The van der Waals surface area contributed by atoms with Crippen LogP contribution in [0.4, 0.5) is 0 Å². The second kappa shape index (κ2) is 9.74. The summed E-state index contributed by atoms with van der Waals surface area (Å²) >= 11 is 0. The van der Waals surface area contributed by atoms with Gasteiger partial charge in [-0.05, 0) is 46.2 Å². The van der Waals surface area contributed by atoms with Crippen molar-refractivity contribution in [3.05, 3.63) is 0 Å². The van der Waals surface area contributed by atoms with Crippen molar-refractivity contribution in [2.45, 2.75) is 75.4 Å². The van der Waals surface area contributed by atoms with Crippen LogP contribution in [0.5, 0.6) is 0 Å². The summed E-state index contributed by atoms with van der Waals surface area (Å²) in [5.41, 5.74) is 0.282. The second-order valence-corrected chi connectivity index (χ2v) is 8.31. The smallest absolute Gasteiger partial charge is 0.191 e. The van der Waals surface area contributed by atoms with Crippen LogP contribution in [0.15, 0.2) is 4.99 Å². The van der Waals surface area contributed by atoms with Crippen molar-refractivity contribution in [1.29, 1.82) is 0 Å². The molecule has 2 aliphatic carbocycles. The summed E-state index contributed by atoms with van der Waals surface area (Å²) in [6.07, 6.45) is 12.1. The van der Waals surface area contributed by atoms with E-state index in [2.05, 4.69) is 39.5 Å². The van der Waals surface area contributed by atoms with Gasteiger partial charge in [0.05, 0.1) is 0 Å². The molecule has 6 heteroatoms. The van der Waals surface area contributed by atoms with Crippen LogP contribution in [0.1, 0.15) is 57.8 Å². The lowest BCUT2D eigenvalue weighted by Crippen LogP contribution is -2.55. The summed E-state index contributed by atoms with van der Waals surface area (Å²) in [7, 11) is 6.39.